The third-order valence-electron chi connectivity index (χ3n) is 2.99. The van der Waals surface area contributed by atoms with Gasteiger partial charge in [0, 0.05) is 25.8 Å². The maximum Gasteiger partial charge on any atom is 0.333 e. The van der Waals surface area contributed by atoms with E-state index in [1.807, 2.05) is 24.7 Å². The summed E-state index contributed by atoms with van der Waals surface area (Å²) in [5.74, 6) is 0. The van der Waals surface area contributed by atoms with Crippen LogP contribution in [0.15, 0.2) is 18.5 Å². The van der Waals surface area contributed by atoms with E-state index < -0.39 is 6.55 Å². The monoisotopic (exact) mass is 269 g/mol. The van der Waals surface area contributed by atoms with Gasteiger partial charge in [-0.2, -0.15) is 19.0 Å². The molecule has 7 heteroatoms. The van der Waals surface area contributed by atoms with E-state index in [4.69, 9.17) is 0 Å². The number of nitrogens with one attached hydrogen (secondary N) is 1. The van der Waals surface area contributed by atoms with E-state index >= 15 is 0 Å². The molecule has 1 N–H and O–H groups in total. The number of nitrogens with zero attached hydrogens (tertiary/aromatic N) is 4. The maximum atomic E-state index is 12.6. The molecule has 5 nitrogen and oxygen atoms in total. The van der Waals surface area contributed by atoms with Crippen LogP contribution in [0.4, 0.5) is 8.78 Å². The number of hydrogen-bond donors (Lipinski definition) is 1. The molecule has 0 aliphatic rings. The molecule has 0 fully saturated rings. The quantitative estimate of drug-likeness (QED) is 0.873. The summed E-state index contributed by atoms with van der Waals surface area (Å²) in [4.78, 5) is 0. The van der Waals surface area contributed by atoms with Crippen molar-refractivity contribution in [2.24, 2.45) is 0 Å². The molecule has 0 bridgehead atoms. The molecule has 0 radical (unpaired) electrons. The van der Waals surface area contributed by atoms with Crippen LogP contribution in [-0.4, -0.2) is 19.6 Å². The average Bonchev–Trinajstić information content (AvgIpc) is 2.97. The summed E-state index contributed by atoms with van der Waals surface area (Å²) < 4.78 is 27.8. The van der Waals surface area contributed by atoms with Gasteiger partial charge in [-0.25, -0.2) is 4.68 Å². The topological polar surface area (TPSA) is 47.7 Å². The number of hydrogen-bond acceptors (Lipinski definition) is 3. The second-order valence-corrected chi connectivity index (χ2v) is 4.24. The zero-order valence-corrected chi connectivity index (χ0v) is 11.0. The van der Waals surface area contributed by atoms with E-state index in [9.17, 15) is 8.78 Å². The van der Waals surface area contributed by atoms with Gasteiger partial charge in [-0.05, 0) is 25.5 Å². The van der Waals surface area contributed by atoms with Gasteiger partial charge in [-0.1, -0.05) is 0 Å². The molecular weight excluding hydrogens is 252 g/mol. The van der Waals surface area contributed by atoms with Crippen molar-refractivity contribution in [3.05, 3.63) is 35.4 Å². The minimum absolute atomic E-state index is 0.346. The van der Waals surface area contributed by atoms with Crippen molar-refractivity contribution in [2.75, 3.05) is 0 Å². The molecule has 0 aliphatic heterocycles. The fourth-order valence-electron chi connectivity index (χ4n) is 1.97. The summed E-state index contributed by atoms with van der Waals surface area (Å²) in [6.07, 6.45) is 3.19. The lowest BCUT2D eigenvalue weighted by molar-refractivity contribution is 0.0531. The summed E-state index contributed by atoms with van der Waals surface area (Å²) in [5.41, 5.74) is 2.64. The van der Waals surface area contributed by atoms with Crippen molar-refractivity contribution in [3.63, 3.8) is 0 Å². The highest BCUT2D eigenvalue weighted by Gasteiger charge is 2.11. The van der Waals surface area contributed by atoms with E-state index in [0.717, 1.165) is 22.5 Å². The van der Waals surface area contributed by atoms with Crippen molar-refractivity contribution in [2.45, 2.75) is 40.0 Å². The van der Waals surface area contributed by atoms with Crippen LogP contribution in [0.3, 0.4) is 0 Å². The molecule has 0 saturated heterocycles. The van der Waals surface area contributed by atoms with E-state index in [0.29, 0.717) is 18.8 Å². The van der Waals surface area contributed by atoms with Crippen LogP contribution in [0.25, 0.3) is 0 Å². The second-order valence-electron chi connectivity index (χ2n) is 4.24. The first-order valence-electron chi connectivity index (χ1n) is 6.16. The highest BCUT2D eigenvalue weighted by molar-refractivity contribution is 5.15. The predicted octanol–water partition coefficient (Wildman–Crippen LogP) is 2.09. The lowest BCUT2D eigenvalue weighted by atomic mass is 10.2. The summed E-state index contributed by atoms with van der Waals surface area (Å²) in [6.45, 7) is 3.13. The van der Waals surface area contributed by atoms with Crippen molar-refractivity contribution < 1.29 is 8.78 Å². The van der Waals surface area contributed by atoms with Crippen LogP contribution in [0, 0.1) is 6.92 Å². The molecule has 2 aromatic heterocycles. The van der Waals surface area contributed by atoms with Crippen LogP contribution in [0.2, 0.25) is 0 Å². The molecule has 2 heterocycles. The molecular formula is C12H17F2N5. The molecule has 2 aromatic rings. The van der Waals surface area contributed by atoms with Gasteiger partial charge in [-0.15, -0.1) is 0 Å². The molecule has 0 aromatic carbocycles. The van der Waals surface area contributed by atoms with Gasteiger partial charge in [-0.3, -0.25) is 4.68 Å². The van der Waals surface area contributed by atoms with Gasteiger partial charge in [0.2, 0.25) is 0 Å². The van der Waals surface area contributed by atoms with E-state index in [1.54, 1.807) is 6.07 Å². The van der Waals surface area contributed by atoms with Crippen molar-refractivity contribution in [1.82, 2.24) is 24.9 Å². The molecule has 104 valence electrons. The Hall–Kier alpha value is -1.76. The van der Waals surface area contributed by atoms with Gasteiger partial charge in [0.05, 0.1) is 17.6 Å². The lowest BCUT2D eigenvalue weighted by Gasteiger charge is -2.09. The predicted molar refractivity (Wildman–Crippen MR) is 66.7 cm³/mol. The normalized spacial score (nSPS) is 11.4. The molecule has 19 heavy (non-hydrogen) atoms. The summed E-state index contributed by atoms with van der Waals surface area (Å²) >= 11 is 0. The standard InChI is InChI=1S/C12H17F2N5/c1-3-18-11(9(2)6-17-18)8-15-7-10-4-5-16-19(10)12(13)14/h4-6,12,15H,3,7-8H2,1-2H3. The summed E-state index contributed by atoms with van der Waals surface area (Å²) in [6, 6.07) is 1.59. The van der Waals surface area contributed by atoms with Crippen LogP contribution in [0.5, 0.6) is 0 Å². The molecule has 0 amide bonds. The van der Waals surface area contributed by atoms with Crippen LogP contribution >= 0.6 is 0 Å². The number of aromatic nitrogens is 4. The van der Waals surface area contributed by atoms with Crippen LogP contribution < -0.4 is 5.32 Å². The lowest BCUT2D eigenvalue weighted by Crippen LogP contribution is -2.19. The van der Waals surface area contributed by atoms with Gasteiger partial charge in [0.25, 0.3) is 0 Å². The highest BCUT2D eigenvalue weighted by Crippen LogP contribution is 2.12. The van der Waals surface area contributed by atoms with E-state index in [-0.39, 0.29) is 0 Å². The minimum Gasteiger partial charge on any atom is -0.306 e. The van der Waals surface area contributed by atoms with Gasteiger partial charge in [0.15, 0.2) is 0 Å². The SMILES string of the molecule is CCn1ncc(C)c1CNCc1ccnn1C(F)F. The Morgan fingerprint density at radius 1 is 1.32 bits per heavy atom. The average molecular weight is 269 g/mol. The Kier molecular flexibility index (Phi) is 4.26. The second kappa shape index (κ2) is 5.92. The fraction of sp³-hybridized carbons (Fsp3) is 0.500. The number of aryl methyl sites for hydroxylation is 2. The molecule has 0 saturated carbocycles. The van der Waals surface area contributed by atoms with Gasteiger partial charge >= 0.3 is 6.55 Å². The first-order chi connectivity index (χ1) is 9.13. The fourth-order valence-corrected chi connectivity index (χ4v) is 1.97. The molecule has 0 aliphatic carbocycles. The Balaban J connectivity index is 1.96. The van der Waals surface area contributed by atoms with Gasteiger partial charge in [0.1, 0.15) is 0 Å². The third-order valence-corrected chi connectivity index (χ3v) is 2.99. The number of alkyl halides is 2. The number of rotatable bonds is 6. The van der Waals surface area contributed by atoms with Crippen molar-refractivity contribution in [3.8, 4) is 0 Å². The Morgan fingerprint density at radius 2 is 2.11 bits per heavy atom. The smallest absolute Gasteiger partial charge is 0.306 e. The first-order valence-corrected chi connectivity index (χ1v) is 6.16. The largest absolute Gasteiger partial charge is 0.333 e. The van der Waals surface area contributed by atoms with Crippen LogP contribution in [0.1, 0.15) is 30.4 Å². The summed E-state index contributed by atoms with van der Waals surface area (Å²) in [5, 5.41) is 11.0. The zero-order valence-electron chi connectivity index (χ0n) is 11.0. The van der Waals surface area contributed by atoms with E-state index in [1.165, 1.54) is 6.20 Å². The minimum atomic E-state index is -2.60. The Morgan fingerprint density at radius 3 is 2.79 bits per heavy atom. The number of halogens is 2. The van der Waals surface area contributed by atoms with Crippen molar-refractivity contribution >= 4 is 0 Å². The first kappa shape index (κ1) is 13.7. The molecule has 0 unspecified atom stereocenters. The highest BCUT2D eigenvalue weighted by atomic mass is 19.3. The zero-order chi connectivity index (χ0) is 13.8. The molecule has 0 atom stereocenters. The Bertz CT molecular complexity index is 532. The molecule has 0 spiro atoms. The molecule has 2 rings (SSSR count). The maximum absolute atomic E-state index is 12.6. The Labute approximate surface area is 110 Å². The van der Waals surface area contributed by atoms with Crippen LogP contribution in [-0.2, 0) is 19.6 Å². The van der Waals surface area contributed by atoms with Crippen molar-refractivity contribution in [1.29, 1.82) is 0 Å². The van der Waals surface area contributed by atoms with E-state index in [2.05, 4.69) is 15.5 Å². The summed E-state index contributed by atoms with van der Waals surface area (Å²) in [7, 11) is 0. The third kappa shape index (κ3) is 2.98. The van der Waals surface area contributed by atoms with Gasteiger partial charge < -0.3 is 5.32 Å².